The van der Waals surface area contributed by atoms with Crippen molar-refractivity contribution < 1.29 is 13.9 Å². The number of benzene rings is 1. The van der Waals surface area contributed by atoms with Crippen LogP contribution in [-0.2, 0) is 4.74 Å². The fraction of sp³-hybridized carbons (Fsp3) is 0.500. The first-order chi connectivity index (χ1) is 10.8. The van der Waals surface area contributed by atoms with Crippen molar-refractivity contribution >= 4 is 25.0 Å². The van der Waals surface area contributed by atoms with Gasteiger partial charge in [0.05, 0.1) is 0 Å². The van der Waals surface area contributed by atoms with Crippen LogP contribution in [0.2, 0.25) is 0 Å². The molecule has 23 heavy (non-hydrogen) atoms. The third kappa shape index (κ3) is 5.74. The first-order valence-electron chi connectivity index (χ1n) is 7.98. The molecule has 0 saturated heterocycles. The molecule has 2 rings (SSSR count). The lowest BCUT2D eigenvalue weighted by molar-refractivity contribution is 0.0270. The number of hydrogen-bond acceptors (Lipinski definition) is 2. The van der Waals surface area contributed by atoms with Crippen LogP contribution in [0, 0.1) is 5.82 Å². The van der Waals surface area contributed by atoms with Gasteiger partial charge in [-0.2, -0.15) is 0 Å². The van der Waals surface area contributed by atoms with Crippen LogP contribution in [0.5, 0.6) is 0 Å². The Morgan fingerprint density at radius 3 is 2.43 bits per heavy atom. The lowest BCUT2D eigenvalue weighted by Gasteiger charge is -2.29. The maximum atomic E-state index is 13.5. The summed E-state index contributed by atoms with van der Waals surface area (Å²) in [5.41, 5.74) is 1.48. The number of hydrogen-bond donors (Lipinski definition) is 0. The van der Waals surface area contributed by atoms with E-state index in [1.807, 2.05) is 40.7 Å². The molecule has 0 aromatic heterocycles. The summed E-state index contributed by atoms with van der Waals surface area (Å²) in [5, 5.41) is 0. The summed E-state index contributed by atoms with van der Waals surface area (Å²) in [6.45, 7) is 10.6. The second-order valence-corrected chi connectivity index (χ2v) is 6.14. The molecule has 0 fully saturated rings. The van der Waals surface area contributed by atoms with Crippen molar-refractivity contribution in [2.24, 2.45) is 0 Å². The van der Waals surface area contributed by atoms with Crippen molar-refractivity contribution in [3.05, 3.63) is 35.7 Å². The van der Waals surface area contributed by atoms with Crippen LogP contribution in [0.1, 0.15) is 46.6 Å². The largest absolute Gasteiger partial charge is 0.444 e. The normalized spacial score (nSPS) is 14.5. The molecule has 0 aliphatic carbocycles. The first kappa shape index (κ1) is 19.3. The van der Waals surface area contributed by atoms with Crippen LogP contribution >= 0.6 is 0 Å². The number of rotatable bonds is 1. The lowest BCUT2D eigenvalue weighted by atomic mass is 9.91. The van der Waals surface area contributed by atoms with Crippen molar-refractivity contribution in [2.75, 3.05) is 13.1 Å². The standard InChI is InChI=1S/C16H19BFNO2.C2H6/c1-16(2,3)21-15(20)19-8-6-11(7-9-19)12-4-5-13(17)14(18)10-12;1-2/h4-6,10H,7-9H2,1-3H3;1-2H3. The number of carbonyl (C=O) groups is 1. The summed E-state index contributed by atoms with van der Waals surface area (Å²) >= 11 is 0. The van der Waals surface area contributed by atoms with Gasteiger partial charge < -0.3 is 9.64 Å². The highest BCUT2D eigenvalue weighted by Gasteiger charge is 2.23. The number of ether oxygens (including phenoxy) is 1. The summed E-state index contributed by atoms with van der Waals surface area (Å²) in [6, 6.07) is 4.80. The Kier molecular flexibility index (Phi) is 6.86. The summed E-state index contributed by atoms with van der Waals surface area (Å²) < 4.78 is 18.8. The smallest absolute Gasteiger partial charge is 0.410 e. The molecule has 0 saturated carbocycles. The molecule has 3 nitrogen and oxygen atoms in total. The van der Waals surface area contributed by atoms with Crippen LogP contribution in [0.4, 0.5) is 9.18 Å². The van der Waals surface area contributed by atoms with Crippen molar-refractivity contribution in [1.82, 2.24) is 4.90 Å². The molecule has 1 aliphatic rings. The van der Waals surface area contributed by atoms with E-state index >= 15 is 0 Å². The van der Waals surface area contributed by atoms with E-state index in [1.165, 1.54) is 6.07 Å². The summed E-state index contributed by atoms with van der Waals surface area (Å²) in [5.74, 6) is -0.414. The van der Waals surface area contributed by atoms with E-state index in [2.05, 4.69) is 0 Å². The van der Waals surface area contributed by atoms with Crippen molar-refractivity contribution in [2.45, 2.75) is 46.6 Å². The molecule has 2 radical (unpaired) electrons. The fourth-order valence-corrected chi connectivity index (χ4v) is 2.15. The van der Waals surface area contributed by atoms with Gasteiger partial charge in [0.1, 0.15) is 19.3 Å². The quantitative estimate of drug-likeness (QED) is 0.740. The minimum absolute atomic E-state index is 0.144. The molecule has 1 aliphatic heterocycles. The zero-order valence-electron chi connectivity index (χ0n) is 14.6. The third-order valence-electron chi connectivity index (χ3n) is 3.23. The first-order valence-corrected chi connectivity index (χ1v) is 7.98. The topological polar surface area (TPSA) is 29.5 Å². The van der Waals surface area contributed by atoms with Gasteiger partial charge in [-0.1, -0.05) is 37.5 Å². The van der Waals surface area contributed by atoms with E-state index in [4.69, 9.17) is 12.6 Å². The van der Waals surface area contributed by atoms with Gasteiger partial charge in [-0.05, 0) is 44.4 Å². The van der Waals surface area contributed by atoms with E-state index in [0.717, 1.165) is 11.1 Å². The highest BCUT2D eigenvalue weighted by molar-refractivity contribution is 6.32. The van der Waals surface area contributed by atoms with Gasteiger partial charge in [0, 0.05) is 13.1 Å². The minimum Gasteiger partial charge on any atom is -0.444 e. The second kappa shape index (κ2) is 8.18. The molecule has 124 valence electrons. The summed E-state index contributed by atoms with van der Waals surface area (Å²) in [6.07, 6.45) is 2.28. The van der Waals surface area contributed by atoms with Gasteiger partial charge in [-0.25, -0.2) is 9.18 Å². The van der Waals surface area contributed by atoms with Crippen LogP contribution < -0.4 is 5.46 Å². The number of halogens is 1. The molecular formula is C18H25BFNO2. The Balaban J connectivity index is 0.00000127. The van der Waals surface area contributed by atoms with Crippen molar-refractivity contribution in [3.8, 4) is 0 Å². The van der Waals surface area contributed by atoms with E-state index in [0.29, 0.717) is 19.5 Å². The van der Waals surface area contributed by atoms with Gasteiger partial charge in [-0.15, -0.1) is 0 Å². The third-order valence-corrected chi connectivity index (χ3v) is 3.23. The van der Waals surface area contributed by atoms with E-state index in [9.17, 15) is 9.18 Å². The highest BCUT2D eigenvalue weighted by atomic mass is 19.1. The summed E-state index contributed by atoms with van der Waals surface area (Å²) in [7, 11) is 5.47. The molecule has 0 N–H and O–H groups in total. The Morgan fingerprint density at radius 1 is 1.30 bits per heavy atom. The predicted molar refractivity (Wildman–Crippen MR) is 93.5 cm³/mol. The van der Waals surface area contributed by atoms with Gasteiger partial charge in [0.2, 0.25) is 0 Å². The number of amides is 1. The van der Waals surface area contributed by atoms with Gasteiger partial charge in [0.15, 0.2) is 0 Å². The fourth-order valence-electron chi connectivity index (χ4n) is 2.15. The Hall–Kier alpha value is -1.78. The number of carbonyl (C=O) groups excluding carboxylic acids is 1. The average Bonchev–Trinajstić information content (AvgIpc) is 2.50. The molecular weight excluding hydrogens is 292 g/mol. The van der Waals surface area contributed by atoms with Crippen LogP contribution in [-0.4, -0.2) is 37.5 Å². The van der Waals surface area contributed by atoms with Crippen LogP contribution in [0.15, 0.2) is 24.3 Å². The SMILES string of the molecule is CC.[B]c1ccc(C2=CCN(C(=O)OC(C)(C)C)CC2)cc1F. The van der Waals surface area contributed by atoms with Crippen LogP contribution in [0.25, 0.3) is 5.57 Å². The number of nitrogens with zero attached hydrogens (tertiary/aromatic N) is 1. The molecule has 1 amide bonds. The Labute approximate surface area is 139 Å². The average molecular weight is 317 g/mol. The van der Waals surface area contributed by atoms with Crippen molar-refractivity contribution in [1.29, 1.82) is 0 Å². The molecule has 0 atom stereocenters. The Bertz CT molecular complexity index is 579. The van der Waals surface area contributed by atoms with Crippen molar-refractivity contribution in [3.63, 3.8) is 0 Å². The second-order valence-electron chi connectivity index (χ2n) is 6.14. The summed E-state index contributed by atoms with van der Waals surface area (Å²) in [4.78, 5) is 13.6. The van der Waals surface area contributed by atoms with Gasteiger partial charge >= 0.3 is 6.09 Å². The Morgan fingerprint density at radius 2 is 1.96 bits per heavy atom. The van der Waals surface area contributed by atoms with E-state index < -0.39 is 11.4 Å². The maximum absolute atomic E-state index is 13.5. The molecule has 1 aromatic carbocycles. The molecule has 1 aromatic rings. The van der Waals surface area contributed by atoms with E-state index in [1.54, 1.807) is 17.0 Å². The maximum Gasteiger partial charge on any atom is 0.410 e. The molecule has 0 spiro atoms. The zero-order valence-corrected chi connectivity index (χ0v) is 14.6. The van der Waals surface area contributed by atoms with Gasteiger partial charge in [0.25, 0.3) is 0 Å². The molecule has 0 bridgehead atoms. The van der Waals surface area contributed by atoms with Gasteiger partial charge in [-0.3, -0.25) is 0 Å². The highest BCUT2D eigenvalue weighted by Crippen LogP contribution is 2.23. The molecule has 1 heterocycles. The monoisotopic (exact) mass is 317 g/mol. The zero-order chi connectivity index (χ0) is 17.6. The predicted octanol–water partition coefficient (Wildman–Crippen LogP) is 3.67. The van der Waals surface area contributed by atoms with Crippen LogP contribution in [0.3, 0.4) is 0 Å². The minimum atomic E-state index is -0.499. The lowest BCUT2D eigenvalue weighted by Crippen LogP contribution is -2.39. The molecule has 0 unspecified atom stereocenters. The van der Waals surface area contributed by atoms with E-state index in [-0.39, 0.29) is 11.6 Å². The molecule has 5 heteroatoms.